The topological polar surface area (TPSA) is 12.0 Å². The highest BCUT2D eigenvalue weighted by atomic mass is 79.9. The van der Waals surface area contributed by atoms with E-state index in [9.17, 15) is 4.39 Å². The van der Waals surface area contributed by atoms with Crippen LogP contribution >= 0.6 is 27.5 Å². The monoisotopic (exact) mass is 341 g/mol. The number of hydrogen-bond donors (Lipinski definition) is 1. The summed E-state index contributed by atoms with van der Waals surface area (Å²) < 4.78 is 14.4. The van der Waals surface area contributed by atoms with Crippen molar-refractivity contribution in [3.8, 4) is 0 Å². The third-order valence-electron chi connectivity index (χ3n) is 2.95. The SMILES string of the molecule is CC(NCc1cccc(Br)c1)c1ccc(Cl)c(F)c1. The second-order valence-electron chi connectivity index (χ2n) is 4.41. The summed E-state index contributed by atoms with van der Waals surface area (Å²) in [6.07, 6.45) is 0. The molecule has 100 valence electrons. The summed E-state index contributed by atoms with van der Waals surface area (Å²) in [6.45, 7) is 2.73. The van der Waals surface area contributed by atoms with Gasteiger partial charge in [0.25, 0.3) is 0 Å². The summed E-state index contributed by atoms with van der Waals surface area (Å²) in [6, 6.07) is 13.0. The first-order chi connectivity index (χ1) is 9.06. The van der Waals surface area contributed by atoms with Crippen molar-refractivity contribution in [2.45, 2.75) is 19.5 Å². The van der Waals surface area contributed by atoms with Gasteiger partial charge in [0.1, 0.15) is 5.82 Å². The molecule has 0 amide bonds. The molecule has 0 aliphatic rings. The van der Waals surface area contributed by atoms with E-state index in [1.165, 1.54) is 11.6 Å². The van der Waals surface area contributed by atoms with Crippen LogP contribution in [0.1, 0.15) is 24.1 Å². The first-order valence-corrected chi connectivity index (χ1v) is 7.16. The van der Waals surface area contributed by atoms with Crippen LogP contribution in [-0.4, -0.2) is 0 Å². The van der Waals surface area contributed by atoms with Gasteiger partial charge in [0.15, 0.2) is 0 Å². The van der Waals surface area contributed by atoms with Gasteiger partial charge >= 0.3 is 0 Å². The first kappa shape index (κ1) is 14.5. The molecule has 1 N–H and O–H groups in total. The Hall–Kier alpha value is -0.900. The summed E-state index contributed by atoms with van der Waals surface area (Å²) in [5.41, 5.74) is 2.06. The van der Waals surface area contributed by atoms with E-state index in [2.05, 4.69) is 27.3 Å². The van der Waals surface area contributed by atoms with Crippen LogP contribution in [0, 0.1) is 5.82 Å². The predicted octanol–water partition coefficient (Wildman–Crippen LogP) is 5.09. The molecule has 1 atom stereocenters. The summed E-state index contributed by atoms with van der Waals surface area (Å²) >= 11 is 9.11. The molecule has 2 aromatic carbocycles. The van der Waals surface area contributed by atoms with E-state index >= 15 is 0 Å². The molecule has 1 nitrogen and oxygen atoms in total. The number of halogens is 3. The average Bonchev–Trinajstić information content (AvgIpc) is 2.39. The van der Waals surface area contributed by atoms with Crippen LogP contribution in [0.15, 0.2) is 46.9 Å². The van der Waals surface area contributed by atoms with Crippen LogP contribution < -0.4 is 5.32 Å². The third-order valence-corrected chi connectivity index (χ3v) is 3.74. The van der Waals surface area contributed by atoms with Crippen molar-refractivity contribution >= 4 is 27.5 Å². The smallest absolute Gasteiger partial charge is 0.142 e. The molecule has 2 rings (SSSR count). The maximum Gasteiger partial charge on any atom is 0.142 e. The zero-order valence-electron chi connectivity index (χ0n) is 10.5. The Morgan fingerprint density at radius 3 is 2.74 bits per heavy atom. The molecule has 4 heteroatoms. The lowest BCUT2D eigenvalue weighted by atomic mass is 10.1. The molecule has 0 saturated carbocycles. The molecule has 19 heavy (non-hydrogen) atoms. The third kappa shape index (κ3) is 4.03. The maximum atomic E-state index is 13.4. The summed E-state index contributed by atoms with van der Waals surface area (Å²) in [4.78, 5) is 0. The molecule has 2 aromatic rings. The highest BCUT2D eigenvalue weighted by molar-refractivity contribution is 9.10. The number of rotatable bonds is 4. The van der Waals surface area contributed by atoms with Crippen LogP contribution in [0.4, 0.5) is 4.39 Å². The molecule has 0 fully saturated rings. The van der Waals surface area contributed by atoms with Gasteiger partial charge in [-0.2, -0.15) is 0 Å². The Kier molecular flexibility index (Phi) is 4.97. The Balaban J connectivity index is 2.01. The van der Waals surface area contributed by atoms with Crippen molar-refractivity contribution in [2.24, 2.45) is 0 Å². The lowest BCUT2D eigenvalue weighted by Gasteiger charge is -2.15. The van der Waals surface area contributed by atoms with Crippen molar-refractivity contribution in [2.75, 3.05) is 0 Å². The highest BCUT2D eigenvalue weighted by Crippen LogP contribution is 2.20. The van der Waals surface area contributed by atoms with Gasteiger partial charge in [0.05, 0.1) is 5.02 Å². The van der Waals surface area contributed by atoms with Crippen LogP contribution in [0.3, 0.4) is 0 Å². The minimum Gasteiger partial charge on any atom is -0.306 e. The standard InChI is InChI=1S/C15H14BrClFN/c1-10(12-5-6-14(17)15(18)8-12)19-9-11-3-2-4-13(16)7-11/h2-8,10,19H,9H2,1H3. The fraction of sp³-hybridized carbons (Fsp3) is 0.200. The highest BCUT2D eigenvalue weighted by Gasteiger charge is 2.08. The lowest BCUT2D eigenvalue weighted by Crippen LogP contribution is -2.18. The van der Waals surface area contributed by atoms with Crippen LogP contribution in [0.2, 0.25) is 5.02 Å². The molecule has 0 aliphatic carbocycles. The molecular weight excluding hydrogens is 329 g/mol. The van der Waals surface area contributed by atoms with Crippen molar-refractivity contribution < 1.29 is 4.39 Å². The molecule has 0 bridgehead atoms. The van der Waals surface area contributed by atoms with E-state index in [-0.39, 0.29) is 16.9 Å². The summed E-state index contributed by atoms with van der Waals surface area (Å²) in [5.74, 6) is -0.379. The second kappa shape index (κ2) is 6.51. The fourth-order valence-electron chi connectivity index (χ4n) is 1.82. The van der Waals surface area contributed by atoms with Crippen molar-refractivity contribution in [3.05, 3.63) is 68.9 Å². The van der Waals surface area contributed by atoms with E-state index in [4.69, 9.17) is 11.6 Å². The van der Waals surface area contributed by atoms with E-state index in [0.717, 1.165) is 16.6 Å². The lowest BCUT2D eigenvalue weighted by molar-refractivity contribution is 0.565. The molecule has 0 aromatic heterocycles. The summed E-state index contributed by atoms with van der Waals surface area (Å²) in [7, 11) is 0. The maximum absolute atomic E-state index is 13.4. The Labute approximate surface area is 125 Å². The van der Waals surface area contributed by atoms with E-state index in [0.29, 0.717) is 0 Å². The summed E-state index contributed by atoms with van der Waals surface area (Å²) in [5, 5.41) is 3.51. The minimum absolute atomic E-state index is 0.0609. The van der Waals surface area contributed by atoms with Crippen molar-refractivity contribution in [3.63, 3.8) is 0 Å². The van der Waals surface area contributed by atoms with Gasteiger partial charge in [0, 0.05) is 17.1 Å². The Bertz CT molecular complexity index is 574. The van der Waals surface area contributed by atoms with Gasteiger partial charge in [-0.3, -0.25) is 0 Å². The Morgan fingerprint density at radius 1 is 1.26 bits per heavy atom. The first-order valence-electron chi connectivity index (χ1n) is 5.99. The Morgan fingerprint density at radius 2 is 2.05 bits per heavy atom. The quantitative estimate of drug-likeness (QED) is 0.816. The van der Waals surface area contributed by atoms with E-state index in [1.54, 1.807) is 6.07 Å². The van der Waals surface area contributed by atoms with Gasteiger partial charge in [-0.05, 0) is 42.3 Å². The van der Waals surface area contributed by atoms with Crippen molar-refractivity contribution in [1.29, 1.82) is 0 Å². The fourth-order valence-corrected chi connectivity index (χ4v) is 2.38. The van der Waals surface area contributed by atoms with Gasteiger partial charge < -0.3 is 5.32 Å². The van der Waals surface area contributed by atoms with Crippen LogP contribution in [0.5, 0.6) is 0 Å². The van der Waals surface area contributed by atoms with E-state index < -0.39 is 0 Å². The average molecular weight is 343 g/mol. The molecule has 0 heterocycles. The van der Waals surface area contributed by atoms with Gasteiger partial charge in [-0.25, -0.2) is 4.39 Å². The molecule has 0 spiro atoms. The zero-order chi connectivity index (χ0) is 13.8. The molecule has 0 saturated heterocycles. The van der Waals surface area contributed by atoms with Crippen molar-refractivity contribution in [1.82, 2.24) is 5.32 Å². The van der Waals surface area contributed by atoms with Gasteiger partial charge in [-0.15, -0.1) is 0 Å². The number of hydrogen-bond acceptors (Lipinski definition) is 1. The van der Waals surface area contributed by atoms with Gasteiger partial charge in [0.2, 0.25) is 0 Å². The number of nitrogens with one attached hydrogen (secondary N) is 1. The largest absolute Gasteiger partial charge is 0.306 e. The normalized spacial score (nSPS) is 12.4. The van der Waals surface area contributed by atoms with Crippen LogP contribution in [0.25, 0.3) is 0 Å². The molecule has 0 aliphatic heterocycles. The zero-order valence-corrected chi connectivity index (χ0v) is 12.8. The second-order valence-corrected chi connectivity index (χ2v) is 5.73. The van der Waals surface area contributed by atoms with Gasteiger partial charge in [-0.1, -0.05) is 45.7 Å². The van der Waals surface area contributed by atoms with E-state index in [1.807, 2.05) is 31.2 Å². The molecule has 1 unspecified atom stereocenters. The molecule has 0 radical (unpaired) electrons. The predicted molar refractivity (Wildman–Crippen MR) is 80.8 cm³/mol. The van der Waals surface area contributed by atoms with Crippen LogP contribution in [-0.2, 0) is 6.54 Å². The molecular formula is C15H14BrClFN. The minimum atomic E-state index is -0.379. The number of benzene rings is 2.